The molecule has 2 aromatic rings. The number of anilines is 1. The van der Waals surface area contributed by atoms with E-state index in [-0.39, 0.29) is 23.0 Å². The predicted octanol–water partition coefficient (Wildman–Crippen LogP) is 4.44. The van der Waals surface area contributed by atoms with Crippen LogP contribution in [0.15, 0.2) is 34.8 Å². The highest BCUT2D eigenvalue weighted by Gasteiger charge is 2.14. The molecule has 23 heavy (non-hydrogen) atoms. The van der Waals surface area contributed by atoms with E-state index in [0.717, 1.165) is 6.07 Å². The van der Waals surface area contributed by atoms with E-state index in [9.17, 15) is 9.18 Å². The number of amides is 1. The molecular formula is C16H14BrClFNO3. The molecule has 0 bridgehead atoms. The summed E-state index contributed by atoms with van der Waals surface area (Å²) in [6.45, 7) is 0. The lowest BCUT2D eigenvalue weighted by Gasteiger charge is -2.12. The molecule has 0 aliphatic heterocycles. The van der Waals surface area contributed by atoms with Gasteiger partial charge < -0.3 is 14.8 Å². The Balaban J connectivity index is 2.17. The van der Waals surface area contributed by atoms with Crippen LogP contribution in [-0.2, 0) is 11.2 Å². The Morgan fingerprint density at radius 2 is 1.87 bits per heavy atom. The highest BCUT2D eigenvalue weighted by Crippen LogP contribution is 2.33. The van der Waals surface area contributed by atoms with Crippen LogP contribution in [0.1, 0.15) is 5.56 Å². The molecule has 0 spiro atoms. The van der Waals surface area contributed by atoms with Crippen LogP contribution >= 0.6 is 27.5 Å². The molecule has 0 radical (unpaired) electrons. The summed E-state index contributed by atoms with van der Waals surface area (Å²) >= 11 is 9.06. The first-order valence-electron chi connectivity index (χ1n) is 6.60. The number of benzene rings is 2. The number of methoxy groups -OCH3 is 2. The number of ether oxygens (including phenoxy) is 2. The standard InChI is InChI=1S/C16H14BrClFNO3/c1-22-14-5-9(11(17)8-15(14)23-2)6-16(21)20-13-4-3-10(18)7-12(13)19/h3-5,7-8H,6H2,1-2H3,(H,20,21). The van der Waals surface area contributed by atoms with Gasteiger partial charge in [0.15, 0.2) is 11.5 Å². The maximum atomic E-state index is 13.7. The van der Waals surface area contributed by atoms with Gasteiger partial charge in [0.05, 0.1) is 26.3 Å². The van der Waals surface area contributed by atoms with Crippen LogP contribution in [0.25, 0.3) is 0 Å². The summed E-state index contributed by atoms with van der Waals surface area (Å²) in [5.74, 6) is 0.111. The minimum Gasteiger partial charge on any atom is -0.493 e. The largest absolute Gasteiger partial charge is 0.493 e. The third-order valence-corrected chi connectivity index (χ3v) is 4.08. The fourth-order valence-electron chi connectivity index (χ4n) is 1.99. The first-order chi connectivity index (χ1) is 10.9. The number of rotatable bonds is 5. The molecule has 4 nitrogen and oxygen atoms in total. The van der Waals surface area contributed by atoms with E-state index in [0.29, 0.717) is 21.5 Å². The quantitative estimate of drug-likeness (QED) is 0.804. The highest BCUT2D eigenvalue weighted by molar-refractivity contribution is 9.10. The molecule has 0 unspecified atom stereocenters. The molecule has 0 saturated heterocycles. The van der Waals surface area contributed by atoms with Crippen LogP contribution < -0.4 is 14.8 Å². The number of hydrogen-bond acceptors (Lipinski definition) is 3. The van der Waals surface area contributed by atoms with Crippen molar-refractivity contribution in [2.75, 3.05) is 19.5 Å². The summed E-state index contributed by atoms with van der Waals surface area (Å²) in [7, 11) is 3.04. The van der Waals surface area contributed by atoms with E-state index in [2.05, 4.69) is 21.2 Å². The molecular weight excluding hydrogens is 389 g/mol. The van der Waals surface area contributed by atoms with Crippen molar-refractivity contribution in [3.8, 4) is 11.5 Å². The van der Waals surface area contributed by atoms with Crippen LogP contribution in [0.4, 0.5) is 10.1 Å². The molecule has 0 aromatic heterocycles. The van der Waals surface area contributed by atoms with Gasteiger partial charge in [0.25, 0.3) is 0 Å². The monoisotopic (exact) mass is 401 g/mol. The van der Waals surface area contributed by atoms with Crippen LogP contribution in [0, 0.1) is 5.82 Å². The smallest absolute Gasteiger partial charge is 0.228 e. The summed E-state index contributed by atoms with van der Waals surface area (Å²) < 4.78 is 24.8. The number of hydrogen-bond donors (Lipinski definition) is 1. The first kappa shape index (κ1) is 17.6. The van der Waals surface area contributed by atoms with Crippen molar-refractivity contribution in [2.24, 2.45) is 0 Å². The maximum Gasteiger partial charge on any atom is 0.228 e. The molecule has 1 N–H and O–H groups in total. The Labute approximate surface area is 146 Å². The second-order valence-corrected chi connectivity index (χ2v) is 5.94. The van der Waals surface area contributed by atoms with Gasteiger partial charge in [0, 0.05) is 9.50 Å². The van der Waals surface area contributed by atoms with Gasteiger partial charge in [0.1, 0.15) is 5.82 Å². The Morgan fingerprint density at radius 3 is 2.48 bits per heavy atom. The van der Waals surface area contributed by atoms with E-state index >= 15 is 0 Å². The predicted molar refractivity (Wildman–Crippen MR) is 91.0 cm³/mol. The lowest BCUT2D eigenvalue weighted by Crippen LogP contribution is -2.15. The second kappa shape index (κ2) is 7.66. The lowest BCUT2D eigenvalue weighted by atomic mass is 10.1. The zero-order valence-electron chi connectivity index (χ0n) is 12.5. The number of carbonyl (C=O) groups is 1. The molecule has 7 heteroatoms. The van der Waals surface area contributed by atoms with Gasteiger partial charge in [-0.15, -0.1) is 0 Å². The Bertz CT molecular complexity index is 740. The molecule has 0 aliphatic carbocycles. The first-order valence-corrected chi connectivity index (χ1v) is 7.77. The molecule has 1 amide bonds. The van der Waals surface area contributed by atoms with Crippen LogP contribution in [0.2, 0.25) is 5.02 Å². The number of nitrogens with one attached hydrogen (secondary N) is 1. The van der Waals surface area contributed by atoms with E-state index in [4.69, 9.17) is 21.1 Å². The molecule has 0 atom stereocenters. The Hall–Kier alpha value is -1.79. The fraction of sp³-hybridized carbons (Fsp3) is 0.188. The van der Waals surface area contributed by atoms with E-state index in [1.165, 1.54) is 26.4 Å². The summed E-state index contributed by atoms with van der Waals surface area (Å²) in [5, 5.41) is 2.78. The average molecular weight is 403 g/mol. The second-order valence-electron chi connectivity index (χ2n) is 4.65. The summed E-state index contributed by atoms with van der Waals surface area (Å²) in [5.41, 5.74) is 0.769. The van der Waals surface area contributed by atoms with Gasteiger partial charge >= 0.3 is 0 Å². The van der Waals surface area contributed by atoms with Crippen LogP contribution in [0.3, 0.4) is 0 Å². The Morgan fingerprint density at radius 1 is 1.22 bits per heavy atom. The van der Waals surface area contributed by atoms with Crippen molar-refractivity contribution in [3.05, 3.63) is 51.2 Å². The molecule has 0 fully saturated rings. The van der Waals surface area contributed by atoms with Crippen molar-refractivity contribution >= 4 is 39.1 Å². The summed E-state index contributed by atoms with van der Waals surface area (Å²) in [6, 6.07) is 7.47. The fourth-order valence-corrected chi connectivity index (χ4v) is 2.61. The van der Waals surface area contributed by atoms with Gasteiger partial charge in [-0.3, -0.25) is 4.79 Å². The van der Waals surface area contributed by atoms with Gasteiger partial charge in [-0.2, -0.15) is 0 Å². The third-order valence-electron chi connectivity index (χ3n) is 3.11. The average Bonchev–Trinajstić information content (AvgIpc) is 2.51. The van der Waals surface area contributed by atoms with Gasteiger partial charge in [-0.25, -0.2) is 4.39 Å². The number of halogens is 3. The molecule has 0 saturated carbocycles. The molecule has 2 aromatic carbocycles. The highest BCUT2D eigenvalue weighted by atomic mass is 79.9. The summed E-state index contributed by atoms with van der Waals surface area (Å²) in [4.78, 5) is 12.1. The van der Waals surface area contributed by atoms with Crippen molar-refractivity contribution < 1.29 is 18.7 Å². The molecule has 2 rings (SSSR count). The van der Waals surface area contributed by atoms with Gasteiger partial charge in [-0.1, -0.05) is 27.5 Å². The molecule has 0 aliphatic rings. The number of carbonyl (C=O) groups excluding carboxylic acids is 1. The normalized spacial score (nSPS) is 10.3. The van der Waals surface area contributed by atoms with Crippen molar-refractivity contribution in [3.63, 3.8) is 0 Å². The molecule has 0 heterocycles. The third kappa shape index (κ3) is 4.36. The van der Waals surface area contributed by atoms with E-state index < -0.39 is 5.82 Å². The van der Waals surface area contributed by atoms with Gasteiger partial charge in [-0.05, 0) is 35.9 Å². The van der Waals surface area contributed by atoms with E-state index in [1.807, 2.05) is 0 Å². The minimum absolute atomic E-state index is 0.0446. The maximum absolute atomic E-state index is 13.7. The van der Waals surface area contributed by atoms with Gasteiger partial charge in [0.2, 0.25) is 5.91 Å². The van der Waals surface area contributed by atoms with Crippen LogP contribution in [0.5, 0.6) is 11.5 Å². The zero-order chi connectivity index (χ0) is 17.0. The van der Waals surface area contributed by atoms with Crippen molar-refractivity contribution in [1.82, 2.24) is 0 Å². The zero-order valence-corrected chi connectivity index (χ0v) is 14.8. The topological polar surface area (TPSA) is 47.6 Å². The summed E-state index contributed by atoms with van der Waals surface area (Å²) in [6.07, 6.45) is 0.0446. The lowest BCUT2D eigenvalue weighted by molar-refractivity contribution is -0.115. The van der Waals surface area contributed by atoms with Crippen molar-refractivity contribution in [2.45, 2.75) is 6.42 Å². The van der Waals surface area contributed by atoms with E-state index in [1.54, 1.807) is 12.1 Å². The SMILES string of the molecule is COc1cc(Br)c(CC(=O)Nc2ccc(Cl)cc2F)cc1OC. The van der Waals surface area contributed by atoms with Crippen molar-refractivity contribution in [1.29, 1.82) is 0 Å². The minimum atomic E-state index is -0.586. The van der Waals surface area contributed by atoms with Crippen LogP contribution in [-0.4, -0.2) is 20.1 Å². The molecule has 122 valence electrons. The Kier molecular flexibility index (Phi) is 5.85.